The third-order valence-corrected chi connectivity index (χ3v) is 6.11. The number of esters is 1. The molecule has 26 heavy (non-hydrogen) atoms. The standard InChI is InChI=1S/C20H23NO3S2/c22-19(21-15-7-3-1-2-4-8-15)14-24-20(23)17(18-10-6-12-26-18)13-16-9-5-11-25-16/h5-6,9-13,15H,1-4,7-8,14H2,(H,21,22). The molecule has 4 nitrogen and oxygen atoms in total. The smallest absolute Gasteiger partial charge is 0.340 e. The van der Waals surface area contributed by atoms with Crippen LogP contribution >= 0.6 is 22.7 Å². The van der Waals surface area contributed by atoms with Gasteiger partial charge in [-0.1, -0.05) is 37.8 Å². The summed E-state index contributed by atoms with van der Waals surface area (Å²) in [6.45, 7) is -0.234. The molecule has 1 N–H and O–H groups in total. The Kier molecular flexibility index (Phi) is 7.03. The highest BCUT2D eigenvalue weighted by atomic mass is 32.1. The Morgan fingerprint density at radius 2 is 1.81 bits per heavy atom. The van der Waals surface area contributed by atoms with Crippen LogP contribution in [0.3, 0.4) is 0 Å². The maximum absolute atomic E-state index is 12.6. The van der Waals surface area contributed by atoms with E-state index in [1.807, 2.05) is 41.1 Å². The van der Waals surface area contributed by atoms with Crippen molar-refractivity contribution in [2.24, 2.45) is 0 Å². The molecule has 1 fully saturated rings. The SMILES string of the molecule is O=C(COC(=O)C(=Cc1cccs1)c1cccs1)NC1CCCCCC1. The molecule has 0 unspecified atom stereocenters. The van der Waals surface area contributed by atoms with Crippen molar-refractivity contribution in [3.05, 3.63) is 44.8 Å². The lowest BCUT2D eigenvalue weighted by molar-refractivity contribution is -0.143. The summed E-state index contributed by atoms with van der Waals surface area (Å²) in [6, 6.07) is 7.88. The first-order chi connectivity index (χ1) is 12.7. The molecular weight excluding hydrogens is 366 g/mol. The van der Waals surface area contributed by atoms with Crippen LogP contribution < -0.4 is 5.32 Å². The Morgan fingerprint density at radius 1 is 1.08 bits per heavy atom. The van der Waals surface area contributed by atoms with E-state index in [0.29, 0.717) is 5.57 Å². The minimum absolute atomic E-state index is 0.210. The number of hydrogen-bond acceptors (Lipinski definition) is 5. The quantitative estimate of drug-likeness (QED) is 0.441. The Bertz CT molecular complexity index is 727. The van der Waals surface area contributed by atoms with Gasteiger partial charge < -0.3 is 10.1 Å². The molecule has 0 aliphatic heterocycles. The second-order valence-electron chi connectivity index (χ2n) is 6.38. The van der Waals surface area contributed by atoms with Crippen molar-refractivity contribution in [1.82, 2.24) is 5.32 Å². The normalized spacial score (nSPS) is 16.1. The number of hydrogen-bond donors (Lipinski definition) is 1. The highest BCUT2D eigenvalue weighted by molar-refractivity contribution is 7.12. The molecule has 138 valence electrons. The average Bonchev–Trinajstić information content (AvgIpc) is 3.29. The van der Waals surface area contributed by atoms with Gasteiger partial charge in [0.05, 0.1) is 5.57 Å². The number of carbonyl (C=O) groups is 2. The van der Waals surface area contributed by atoms with Gasteiger partial charge in [-0.15, -0.1) is 22.7 Å². The second kappa shape index (κ2) is 9.69. The molecule has 1 aliphatic carbocycles. The van der Waals surface area contributed by atoms with Crippen molar-refractivity contribution < 1.29 is 14.3 Å². The molecule has 0 saturated heterocycles. The molecule has 1 saturated carbocycles. The van der Waals surface area contributed by atoms with Gasteiger partial charge in [0, 0.05) is 15.8 Å². The van der Waals surface area contributed by atoms with Crippen LogP contribution in [0.5, 0.6) is 0 Å². The minimum atomic E-state index is -0.461. The molecule has 1 amide bonds. The van der Waals surface area contributed by atoms with Crippen LogP contribution in [0.15, 0.2) is 35.0 Å². The lowest BCUT2D eigenvalue weighted by atomic mass is 10.1. The molecule has 0 atom stereocenters. The summed E-state index contributed by atoms with van der Waals surface area (Å²) in [5.41, 5.74) is 0.490. The summed E-state index contributed by atoms with van der Waals surface area (Å²) in [7, 11) is 0. The van der Waals surface area contributed by atoms with Crippen LogP contribution in [0.25, 0.3) is 11.6 Å². The summed E-state index contributed by atoms with van der Waals surface area (Å²) in [5, 5.41) is 6.88. The van der Waals surface area contributed by atoms with Crippen LogP contribution in [0.2, 0.25) is 0 Å². The van der Waals surface area contributed by atoms with Crippen molar-refractivity contribution in [3.63, 3.8) is 0 Å². The molecule has 0 spiro atoms. The monoisotopic (exact) mass is 389 g/mol. The van der Waals surface area contributed by atoms with Crippen molar-refractivity contribution >= 4 is 46.2 Å². The first-order valence-electron chi connectivity index (χ1n) is 8.98. The van der Waals surface area contributed by atoms with Crippen LogP contribution in [-0.4, -0.2) is 24.5 Å². The summed E-state index contributed by atoms with van der Waals surface area (Å²) in [4.78, 5) is 26.5. The molecule has 0 aromatic carbocycles. The fourth-order valence-electron chi connectivity index (χ4n) is 3.08. The average molecular weight is 390 g/mol. The second-order valence-corrected chi connectivity index (χ2v) is 8.31. The van der Waals surface area contributed by atoms with E-state index in [0.717, 1.165) is 35.4 Å². The predicted octanol–water partition coefficient (Wildman–Crippen LogP) is 4.73. The minimum Gasteiger partial charge on any atom is -0.452 e. The van der Waals surface area contributed by atoms with Crippen LogP contribution in [0, 0.1) is 0 Å². The van der Waals surface area contributed by atoms with Gasteiger partial charge in [0.1, 0.15) is 0 Å². The molecule has 2 aromatic heterocycles. The molecule has 2 heterocycles. The fourth-order valence-corrected chi connectivity index (χ4v) is 4.47. The Hall–Kier alpha value is -1.92. The van der Waals surface area contributed by atoms with E-state index in [9.17, 15) is 9.59 Å². The number of thiophene rings is 2. The highest BCUT2D eigenvalue weighted by Crippen LogP contribution is 2.25. The van der Waals surface area contributed by atoms with Gasteiger partial charge in [-0.2, -0.15) is 0 Å². The summed E-state index contributed by atoms with van der Waals surface area (Å²) in [5.74, 6) is -0.677. The van der Waals surface area contributed by atoms with E-state index < -0.39 is 5.97 Å². The number of nitrogens with one attached hydrogen (secondary N) is 1. The first-order valence-corrected chi connectivity index (χ1v) is 10.7. The van der Waals surface area contributed by atoms with Crippen molar-refractivity contribution in [2.45, 2.75) is 44.6 Å². The molecule has 1 aliphatic rings. The predicted molar refractivity (Wildman–Crippen MR) is 107 cm³/mol. The third kappa shape index (κ3) is 5.54. The van der Waals surface area contributed by atoms with Crippen molar-refractivity contribution in [2.75, 3.05) is 6.61 Å². The topological polar surface area (TPSA) is 55.4 Å². The summed E-state index contributed by atoms with van der Waals surface area (Å²) in [6.07, 6.45) is 8.62. The van der Waals surface area contributed by atoms with Gasteiger partial charge in [0.15, 0.2) is 6.61 Å². The van der Waals surface area contributed by atoms with E-state index in [4.69, 9.17) is 4.74 Å². The lowest BCUT2D eigenvalue weighted by Gasteiger charge is -2.16. The number of rotatable bonds is 6. The number of ether oxygens (including phenoxy) is 1. The fraction of sp³-hybridized carbons (Fsp3) is 0.400. The van der Waals surface area contributed by atoms with E-state index in [1.165, 1.54) is 24.2 Å². The Labute approximate surface area is 161 Å². The van der Waals surface area contributed by atoms with Crippen LogP contribution in [0.1, 0.15) is 48.3 Å². The lowest BCUT2D eigenvalue weighted by Crippen LogP contribution is -2.37. The molecule has 0 bridgehead atoms. The van der Waals surface area contributed by atoms with Gasteiger partial charge in [0.25, 0.3) is 5.91 Å². The molecule has 0 radical (unpaired) electrons. The van der Waals surface area contributed by atoms with E-state index in [-0.39, 0.29) is 18.6 Å². The molecule has 2 aromatic rings. The van der Waals surface area contributed by atoms with Gasteiger partial charge in [0.2, 0.25) is 0 Å². The highest BCUT2D eigenvalue weighted by Gasteiger charge is 2.19. The zero-order valence-electron chi connectivity index (χ0n) is 14.6. The first kappa shape index (κ1) is 18.9. The molecule has 3 rings (SSSR count). The van der Waals surface area contributed by atoms with Crippen molar-refractivity contribution in [1.29, 1.82) is 0 Å². The Balaban J connectivity index is 1.58. The van der Waals surface area contributed by atoms with Crippen LogP contribution in [-0.2, 0) is 14.3 Å². The largest absolute Gasteiger partial charge is 0.452 e. The van der Waals surface area contributed by atoms with E-state index >= 15 is 0 Å². The molecular formula is C20H23NO3S2. The zero-order valence-corrected chi connectivity index (χ0v) is 16.2. The number of amides is 1. The van der Waals surface area contributed by atoms with E-state index in [2.05, 4.69) is 5.32 Å². The maximum atomic E-state index is 12.6. The number of carbonyl (C=O) groups excluding carboxylic acids is 2. The summed E-state index contributed by atoms with van der Waals surface area (Å²) >= 11 is 3.04. The zero-order chi connectivity index (χ0) is 18.2. The molecule has 6 heteroatoms. The van der Waals surface area contributed by atoms with E-state index in [1.54, 1.807) is 11.3 Å². The maximum Gasteiger partial charge on any atom is 0.340 e. The summed E-state index contributed by atoms with van der Waals surface area (Å²) < 4.78 is 5.30. The van der Waals surface area contributed by atoms with Crippen LogP contribution in [0.4, 0.5) is 0 Å². The van der Waals surface area contributed by atoms with Gasteiger partial charge in [-0.25, -0.2) is 4.79 Å². The van der Waals surface area contributed by atoms with Crippen molar-refractivity contribution in [3.8, 4) is 0 Å². The van der Waals surface area contributed by atoms with Gasteiger partial charge in [-0.05, 0) is 41.8 Å². The Morgan fingerprint density at radius 3 is 2.46 bits per heavy atom. The third-order valence-electron chi connectivity index (χ3n) is 4.39. The van der Waals surface area contributed by atoms with Gasteiger partial charge >= 0.3 is 5.97 Å². The van der Waals surface area contributed by atoms with Gasteiger partial charge in [-0.3, -0.25) is 4.79 Å².